The van der Waals surface area contributed by atoms with Gasteiger partial charge in [0.15, 0.2) is 5.82 Å². The lowest BCUT2D eigenvalue weighted by molar-refractivity contribution is -0.137. The molecule has 2 aromatic carbocycles. The van der Waals surface area contributed by atoms with Crippen LogP contribution >= 0.6 is 0 Å². The van der Waals surface area contributed by atoms with Gasteiger partial charge in [0.05, 0.1) is 23.7 Å². The molecule has 0 aliphatic carbocycles. The van der Waals surface area contributed by atoms with Gasteiger partial charge in [-0.2, -0.15) is 13.2 Å². The van der Waals surface area contributed by atoms with Crippen LogP contribution in [0.2, 0.25) is 0 Å². The Balaban J connectivity index is 1.30. The normalized spacial score (nSPS) is 12.1. The highest BCUT2D eigenvalue weighted by Gasteiger charge is 2.30. The third-order valence-corrected chi connectivity index (χ3v) is 6.77. The van der Waals surface area contributed by atoms with Crippen LogP contribution in [0.1, 0.15) is 39.7 Å². The Kier molecular flexibility index (Phi) is 9.16. The molecule has 2 aromatic heterocycles. The zero-order valence-corrected chi connectivity index (χ0v) is 23.3. The SMILES string of the molecule is Cc1c(NC[C@@H](C)Nc2cnc(C(=O)N(C)CCc3ccccc3)cn2)nnc(-c2ccc(C(F)(F)F)cc2)c1C. The number of hydrogen-bond donors (Lipinski definition) is 2. The van der Waals surface area contributed by atoms with E-state index in [-0.39, 0.29) is 17.6 Å². The number of alkyl halides is 3. The predicted octanol–water partition coefficient (Wildman–Crippen LogP) is 5.80. The molecule has 41 heavy (non-hydrogen) atoms. The number of halogens is 3. The van der Waals surface area contributed by atoms with Crippen LogP contribution in [0.4, 0.5) is 24.8 Å². The van der Waals surface area contributed by atoms with E-state index in [1.165, 1.54) is 24.5 Å². The molecule has 0 aliphatic rings. The third kappa shape index (κ3) is 7.56. The first-order valence-corrected chi connectivity index (χ1v) is 13.2. The molecule has 0 saturated carbocycles. The molecule has 4 aromatic rings. The molecule has 11 heteroatoms. The number of amides is 1. The first-order valence-electron chi connectivity index (χ1n) is 13.2. The molecule has 0 radical (unpaired) electrons. The van der Waals surface area contributed by atoms with Gasteiger partial charge >= 0.3 is 6.18 Å². The Bertz CT molecular complexity index is 1460. The Labute approximate surface area is 237 Å². The number of benzene rings is 2. The average molecular weight is 564 g/mol. The molecular weight excluding hydrogens is 531 g/mol. The quantitative estimate of drug-likeness (QED) is 0.252. The Hall–Kier alpha value is -4.54. The molecule has 0 fully saturated rings. The van der Waals surface area contributed by atoms with Crippen LogP contribution in [0.5, 0.6) is 0 Å². The topological polar surface area (TPSA) is 95.9 Å². The average Bonchev–Trinajstić information content (AvgIpc) is 2.97. The van der Waals surface area contributed by atoms with E-state index < -0.39 is 11.7 Å². The minimum absolute atomic E-state index is 0.0736. The van der Waals surface area contributed by atoms with Crippen molar-refractivity contribution in [3.63, 3.8) is 0 Å². The van der Waals surface area contributed by atoms with Gasteiger partial charge in [-0.15, -0.1) is 10.2 Å². The summed E-state index contributed by atoms with van der Waals surface area (Å²) in [5.74, 6) is 0.913. The van der Waals surface area contributed by atoms with E-state index in [4.69, 9.17) is 0 Å². The molecular formula is C30H32F3N7O. The standard InChI is InChI=1S/C30H32F3N7O/c1-19(37-26-18-34-25(17-35-26)29(41)40(4)15-14-22-8-6-5-7-9-22)16-36-28-21(3)20(2)27(38-39-28)23-10-12-24(13-11-23)30(31,32)33/h5-13,17-19H,14-16H2,1-4H3,(H,35,37)(H,36,39)/t19-/m1/s1. The molecule has 4 rings (SSSR count). The second kappa shape index (κ2) is 12.8. The van der Waals surface area contributed by atoms with Crippen LogP contribution in [0, 0.1) is 13.8 Å². The van der Waals surface area contributed by atoms with Gasteiger partial charge in [-0.25, -0.2) is 9.97 Å². The minimum Gasteiger partial charge on any atom is -0.366 e. The van der Waals surface area contributed by atoms with Crippen LogP contribution in [0.15, 0.2) is 67.0 Å². The van der Waals surface area contributed by atoms with Crippen molar-refractivity contribution in [3.05, 3.63) is 94.9 Å². The smallest absolute Gasteiger partial charge is 0.366 e. The summed E-state index contributed by atoms with van der Waals surface area (Å²) in [5, 5.41) is 15.0. The van der Waals surface area contributed by atoms with Gasteiger partial charge in [-0.1, -0.05) is 42.5 Å². The van der Waals surface area contributed by atoms with Gasteiger partial charge in [-0.3, -0.25) is 4.79 Å². The molecule has 0 aliphatic heterocycles. The van der Waals surface area contributed by atoms with E-state index in [2.05, 4.69) is 30.8 Å². The summed E-state index contributed by atoms with van der Waals surface area (Å²) >= 11 is 0. The van der Waals surface area contributed by atoms with Crippen LogP contribution in [0.3, 0.4) is 0 Å². The summed E-state index contributed by atoms with van der Waals surface area (Å²) in [5.41, 5.74) is 3.49. The van der Waals surface area contributed by atoms with Crippen LogP contribution < -0.4 is 10.6 Å². The van der Waals surface area contributed by atoms with Crippen molar-refractivity contribution < 1.29 is 18.0 Å². The number of likely N-dealkylation sites (N-methyl/N-ethyl adjacent to an activating group) is 1. The van der Waals surface area contributed by atoms with Crippen molar-refractivity contribution in [2.45, 2.75) is 39.4 Å². The zero-order valence-electron chi connectivity index (χ0n) is 23.3. The number of rotatable bonds is 10. The van der Waals surface area contributed by atoms with Gasteiger partial charge < -0.3 is 15.5 Å². The maximum Gasteiger partial charge on any atom is 0.416 e. The first kappa shape index (κ1) is 29.4. The number of nitrogens with one attached hydrogen (secondary N) is 2. The van der Waals surface area contributed by atoms with Gasteiger partial charge in [0, 0.05) is 31.7 Å². The summed E-state index contributed by atoms with van der Waals surface area (Å²) in [4.78, 5) is 23.0. The van der Waals surface area contributed by atoms with Gasteiger partial charge in [0.25, 0.3) is 5.91 Å². The molecule has 0 bridgehead atoms. The number of carbonyl (C=O) groups excluding carboxylic acids is 1. The Morgan fingerprint density at radius 3 is 2.29 bits per heavy atom. The largest absolute Gasteiger partial charge is 0.416 e. The second-order valence-electron chi connectivity index (χ2n) is 9.90. The fourth-order valence-electron chi connectivity index (χ4n) is 4.17. The van der Waals surface area contributed by atoms with Gasteiger partial charge in [0.1, 0.15) is 11.5 Å². The van der Waals surface area contributed by atoms with E-state index in [9.17, 15) is 18.0 Å². The van der Waals surface area contributed by atoms with E-state index in [0.29, 0.717) is 36.0 Å². The molecule has 0 spiro atoms. The van der Waals surface area contributed by atoms with Crippen molar-refractivity contribution in [1.29, 1.82) is 0 Å². The fraction of sp³-hybridized carbons (Fsp3) is 0.300. The molecule has 2 heterocycles. The molecule has 0 unspecified atom stereocenters. The summed E-state index contributed by atoms with van der Waals surface area (Å²) in [6, 6.07) is 14.8. The van der Waals surface area contributed by atoms with E-state index in [0.717, 1.165) is 35.2 Å². The van der Waals surface area contributed by atoms with Crippen molar-refractivity contribution in [1.82, 2.24) is 25.1 Å². The third-order valence-electron chi connectivity index (χ3n) is 6.77. The zero-order chi connectivity index (χ0) is 29.6. The van der Waals surface area contributed by atoms with E-state index >= 15 is 0 Å². The minimum atomic E-state index is -4.39. The lowest BCUT2D eigenvalue weighted by Crippen LogP contribution is -2.30. The highest BCUT2D eigenvalue weighted by Crippen LogP contribution is 2.32. The van der Waals surface area contributed by atoms with Crippen molar-refractivity contribution in [2.24, 2.45) is 0 Å². The maximum atomic E-state index is 12.9. The molecule has 0 saturated heterocycles. The van der Waals surface area contributed by atoms with E-state index in [1.807, 2.05) is 51.1 Å². The lowest BCUT2D eigenvalue weighted by Gasteiger charge is -2.18. The molecule has 1 atom stereocenters. The van der Waals surface area contributed by atoms with Crippen LogP contribution in [-0.2, 0) is 12.6 Å². The number of anilines is 2. The number of nitrogens with zero attached hydrogens (tertiary/aromatic N) is 5. The Morgan fingerprint density at radius 1 is 0.951 bits per heavy atom. The maximum absolute atomic E-state index is 12.9. The summed E-state index contributed by atoms with van der Waals surface area (Å²) in [6.45, 7) is 6.76. The van der Waals surface area contributed by atoms with Crippen LogP contribution in [0.25, 0.3) is 11.3 Å². The molecule has 214 valence electrons. The summed E-state index contributed by atoms with van der Waals surface area (Å²) in [7, 11) is 1.75. The highest BCUT2D eigenvalue weighted by atomic mass is 19.4. The van der Waals surface area contributed by atoms with Crippen molar-refractivity contribution in [2.75, 3.05) is 30.8 Å². The molecule has 2 N–H and O–H groups in total. The van der Waals surface area contributed by atoms with Gasteiger partial charge in [-0.05, 0) is 56.0 Å². The van der Waals surface area contributed by atoms with Crippen molar-refractivity contribution >= 4 is 17.5 Å². The molecule has 1 amide bonds. The second-order valence-corrected chi connectivity index (χ2v) is 9.90. The van der Waals surface area contributed by atoms with E-state index in [1.54, 1.807) is 11.9 Å². The fourth-order valence-corrected chi connectivity index (χ4v) is 4.17. The number of hydrogen-bond acceptors (Lipinski definition) is 7. The molecule has 8 nitrogen and oxygen atoms in total. The highest BCUT2D eigenvalue weighted by molar-refractivity contribution is 5.91. The summed E-state index contributed by atoms with van der Waals surface area (Å²) in [6.07, 6.45) is -0.647. The van der Waals surface area contributed by atoms with Crippen molar-refractivity contribution in [3.8, 4) is 11.3 Å². The van der Waals surface area contributed by atoms with Crippen LogP contribution in [-0.4, -0.2) is 57.2 Å². The first-order chi connectivity index (χ1) is 19.5. The summed E-state index contributed by atoms with van der Waals surface area (Å²) < 4.78 is 38.7. The van der Waals surface area contributed by atoms with Gasteiger partial charge in [0.2, 0.25) is 0 Å². The monoisotopic (exact) mass is 563 g/mol. The lowest BCUT2D eigenvalue weighted by atomic mass is 10.0. The number of carbonyl (C=O) groups is 1. The predicted molar refractivity (Wildman–Crippen MR) is 153 cm³/mol. The Morgan fingerprint density at radius 2 is 1.66 bits per heavy atom. The number of aromatic nitrogens is 4.